The quantitative estimate of drug-likeness (QED) is 0.926. The summed E-state index contributed by atoms with van der Waals surface area (Å²) in [6.45, 7) is 2.47. The zero-order valence-electron chi connectivity index (χ0n) is 13.3. The normalized spacial score (nSPS) is 20.2. The molecule has 1 heterocycles. The van der Waals surface area contributed by atoms with Gasteiger partial charge >= 0.3 is 5.97 Å². The SMILES string of the molecule is Cc1cc(C(=O)N2C[C@H](C(=O)O)[C@H](c3ccccc3)C2)ccc1Cl. The fourth-order valence-electron chi connectivity index (χ4n) is 3.22. The highest BCUT2D eigenvalue weighted by molar-refractivity contribution is 6.31. The number of amides is 1. The third-order valence-electron chi connectivity index (χ3n) is 4.56. The van der Waals surface area contributed by atoms with Crippen molar-refractivity contribution in [3.05, 3.63) is 70.2 Å². The minimum atomic E-state index is -0.869. The van der Waals surface area contributed by atoms with Gasteiger partial charge in [0.15, 0.2) is 0 Å². The summed E-state index contributed by atoms with van der Waals surface area (Å²) >= 11 is 6.01. The van der Waals surface area contributed by atoms with Gasteiger partial charge in [-0.05, 0) is 36.2 Å². The highest BCUT2D eigenvalue weighted by Crippen LogP contribution is 2.33. The number of likely N-dealkylation sites (tertiary alicyclic amines) is 1. The van der Waals surface area contributed by atoms with Gasteiger partial charge in [-0.15, -0.1) is 0 Å². The Kier molecular flexibility index (Phi) is 4.58. The summed E-state index contributed by atoms with van der Waals surface area (Å²) in [7, 11) is 0. The first-order valence-corrected chi connectivity index (χ1v) is 8.18. The molecule has 0 bridgehead atoms. The standard InChI is InChI=1S/C19H18ClNO3/c1-12-9-14(7-8-17(12)20)18(22)21-10-15(16(11-21)19(23)24)13-5-3-2-4-6-13/h2-9,15-16H,10-11H2,1H3,(H,23,24)/t15-,16-/m0/s1. The van der Waals surface area contributed by atoms with E-state index in [2.05, 4.69) is 0 Å². The van der Waals surface area contributed by atoms with Gasteiger partial charge in [0, 0.05) is 29.6 Å². The Bertz CT molecular complexity index is 775. The molecule has 1 saturated heterocycles. The molecule has 0 aromatic heterocycles. The summed E-state index contributed by atoms with van der Waals surface area (Å²) in [5.41, 5.74) is 2.32. The van der Waals surface area contributed by atoms with E-state index < -0.39 is 11.9 Å². The van der Waals surface area contributed by atoms with E-state index in [4.69, 9.17) is 11.6 Å². The van der Waals surface area contributed by atoms with Crippen molar-refractivity contribution in [3.8, 4) is 0 Å². The van der Waals surface area contributed by atoms with Crippen LogP contribution in [0.3, 0.4) is 0 Å². The zero-order chi connectivity index (χ0) is 17.3. The van der Waals surface area contributed by atoms with Crippen LogP contribution in [0.5, 0.6) is 0 Å². The Morgan fingerprint density at radius 3 is 2.46 bits per heavy atom. The van der Waals surface area contributed by atoms with E-state index in [0.29, 0.717) is 17.1 Å². The first-order chi connectivity index (χ1) is 11.5. The summed E-state index contributed by atoms with van der Waals surface area (Å²) in [5, 5.41) is 10.1. The van der Waals surface area contributed by atoms with Crippen LogP contribution >= 0.6 is 11.6 Å². The van der Waals surface area contributed by atoms with E-state index in [1.54, 1.807) is 23.1 Å². The average molecular weight is 344 g/mol. The van der Waals surface area contributed by atoms with E-state index in [1.807, 2.05) is 37.3 Å². The number of rotatable bonds is 3. The number of carbonyl (C=O) groups excluding carboxylic acids is 1. The van der Waals surface area contributed by atoms with Crippen LogP contribution in [0.2, 0.25) is 5.02 Å². The Morgan fingerprint density at radius 1 is 1.12 bits per heavy atom. The van der Waals surface area contributed by atoms with Crippen molar-refractivity contribution in [1.29, 1.82) is 0 Å². The van der Waals surface area contributed by atoms with Crippen molar-refractivity contribution in [2.45, 2.75) is 12.8 Å². The second kappa shape index (κ2) is 6.65. The van der Waals surface area contributed by atoms with Crippen molar-refractivity contribution in [3.63, 3.8) is 0 Å². The molecule has 0 aliphatic carbocycles. The van der Waals surface area contributed by atoms with Gasteiger partial charge in [-0.3, -0.25) is 9.59 Å². The van der Waals surface area contributed by atoms with Crippen molar-refractivity contribution in [1.82, 2.24) is 4.90 Å². The number of hydrogen-bond acceptors (Lipinski definition) is 2. The summed E-state index contributed by atoms with van der Waals surface area (Å²) < 4.78 is 0. The number of aryl methyl sites for hydroxylation is 1. The molecular formula is C19H18ClNO3. The summed E-state index contributed by atoms with van der Waals surface area (Å²) in [5.74, 6) is -1.81. The molecule has 0 radical (unpaired) electrons. The van der Waals surface area contributed by atoms with E-state index in [-0.39, 0.29) is 18.4 Å². The van der Waals surface area contributed by atoms with Crippen LogP contribution in [0.15, 0.2) is 48.5 Å². The van der Waals surface area contributed by atoms with Crippen LogP contribution in [0.4, 0.5) is 0 Å². The lowest BCUT2D eigenvalue weighted by Crippen LogP contribution is -2.29. The van der Waals surface area contributed by atoms with E-state index in [0.717, 1.165) is 11.1 Å². The molecule has 1 fully saturated rings. The molecule has 5 heteroatoms. The molecule has 4 nitrogen and oxygen atoms in total. The number of halogens is 1. The minimum absolute atomic E-state index is 0.153. The number of hydrogen-bond donors (Lipinski definition) is 1. The molecule has 0 saturated carbocycles. The molecule has 1 N–H and O–H groups in total. The Labute approximate surface area is 145 Å². The van der Waals surface area contributed by atoms with Crippen LogP contribution in [0.25, 0.3) is 0 Å². The number of carboxylic acids is 1. The molecule has 0 unspecified atom stereocenters. The van der Waals surface area contributed by atoms with Crippen molar-refractivity contribution in [2.24, 2.45) is 5.92 Å². The number of nitrogens with zero attached hydrogens (tertiary/aromatic N) is 1. The lowest BCUT2D eigenvalue weighted by molar-refractivity contribution is -0.141. The first-order valence-electron chi connectivity index (χ1n) is 7.80. The molecular weight excluding hydrogens is 326 g/mol. The van der Waals surface area contributed by atoms with Crippen LogP contribution in [-0.2, 0) is 4.79 Å². The van der Waals surface area contributed by atoms with E-state index in [9.17, 15) is 14.7 Å². The highest BCUT2D eigenvalue weighted by atomic mass is 35.5. The Morgan fingerprint density at radius 2 is 1.83 bits per heavy atom. The number of carbonyl (C=O) groups is 2. The van der Waals surface area contributed by atoms with E-state index >= 15 is 0 Å². The fraction of sp³-hybridized carbons (Fsp3) is 0.263. The fourth-order valence-corrected chi connectivity index (χ4v) is 3.34. The molecule has 1 aliphatic rings. The third kappa shape index (κ3) is 3.15. The van der Waals surface area contributed by atoms with Gasteiger partial charge in [-0.1, -0.05) is 41.9 Å². The summed E-state index contributed by atoms with van der Waals surface area (Å²) in [6, 6.07) is 14.6. The van der Waals surface area contributed by atoms with Crippen LogP contribution in [0.1, 0.15) is 27.4 Å². The second-order valence-corrected chi connectivity index (χ2v) is 6.54. The minimum Gasteiger partial charge on any atom is -0.481 e. The van der Waals surface area contributed by atoms with Crippen molar-refractivity contribution >= 4 is 23.5 Å². The number of benzene rings is 2. The Balaban J connectivity index is 1.86. The molecule has 1 aliphatic heterocycles. The molecule has 3 rings (SSSR count). The summed E-state index contributed by atoms with van der Waals surface area (Å²) in [6.07, 6.45) is 0. The largest absolute Gasteiger partial charge is 0.481 e. The second-order valence-electron chi connectivity index (χ2n) is 6.14. The van der Waals surface area contributed by atoms with Crippen molar-refractivity contribution < 1.29 is 14.7 Å². The lowest BCUT2D eigenvalue weighted by Gasteiger charge is -2.17. The monoisotopic (exact) mass is 343 g/mol. The topological polar surface area (TPSA) is 57.6 Å². The maximum atomic E-state index is 12.7. The van der Waals surface area contributed by atoms with Gasteiger partial charge in [0.05, 0.1) is 5.92 Å². The first kappa shape index (κ1) is 16.5. The van der Waals surface area contributed by atoms with Gasteiger partial charge in [0.2, 0.25) is 0 Å². The summed E-state index contributed by atoms with van der Waals surface area (Å²) in [4.78, 5) is 26.0. The highest BCUT2D eigenvalue weighted by Gasteiger charge is 2.40. The van der Waals surface area contributed by atoms with Gasteiger partial charge < -0.3 is 10.0 Å². The maximum absolute atomic E-state index is 12.7. The molecule has 124 valence electrons. The third-order valence-corrected chi connectivity index (χ3v) is 4.98. The zero-order valence-corrected chi connectivity index (χ0v) is 14.0. The van der Waals surface area contributed by atoms with Crippen LogP contribution < -0.4 is 0 Å². The van der Waals surface area contributed by atoms with Gasteiger partial charge in [-0.25, -0.2) is 0 Å². The smallest absolute Gasteiger partial charge is 0.308 e. The molecule has 2 aromatic rings. The van der Waals surface area contributed by atoms with Gasteiger partial charge in [0.25, 0.3) is 5.91 Å². The molecule has 0 spiro atoms. The Hall–Kier alpha value is -2.33. The average Bonchev–Trinajstić information content (AvgIpc) is 3.03. The number of carboxylic acid groups (broad SMARTS) is 1. The van der Waals surface area contributed by atoms with E-state index in [1.165, 1.54) is 0 Å². The van der Waals surface area contributed by atoms with Crippen LogP contribution in [-0.4, -0.2) is 35.0 Å². The predicted octanol–water partition coefficient (Wildman–Crippen LogP) is 3.59. The molecule has 2 atom stereocenters. The molecule has 2 aromatic carbocycles. The lowest BCUT2D eigenvalue weighted by atomic mass is 9.89. The predicted molar refractivity (Wildman–Crippen MR) is 92.4 cm³/mol. The number of aliphatic carboxylic acids is 1. The van der Waals surface area contributed by atoms with Crippen molar-refractivity contribution in [2.75, 3.05) is 13.1 Å². The molecule has 1 amide bonds. The van der Waals surface area contributed by atoms with Gasteiger partial charge in [-0.2, -0.15) is 0 Å². The van der Waals surface area contributed by atoms with Gasteiger partial charge in [0.1, 0.15) is 0 Å². The molecule has 24 heavy (non-hydrogen) atoms. The maximum Gasteiger partial charge on any atom is 0.308 e. The van der Waals surface area contributed by atoms with Crippen LogP contribution in [0, 0.1) is 12.8 Å².